The van der Waals surface area contributed by atoms with Crippen LogP contribution in [0.5, 0.6) is 0 Å². The molecule has 4 N–H and O–H groups in total. The third-order valence-corrected chi connectivity index (χ3v) is 2.65. The van der Waals surface area contributed by atoms with Gasteiger partial charge in [0.25, 0.3) is 0 Å². The fourth-order valence-electron chi connectivity index (χ4n) is 1.73. The van der Waals surface area contributed by atoms with E-state index in [-0.39, 0.29) is 24.0 Å². The standard InChI is InChI=1S/C8H17NO3/c1-4(2)8(12-11)5-3-6(10)7(5)9/h4-8,10-11H,3,9H2,1-2H3/t5-,6+,7-,8?/m0/s1. The first-order valence-electron chi connectivity index (χ1n) is 4.31. The monoisotopic (exact) mass is 175 g/mol. The van der Waals surface area contributed by atoms with Crippen LogP contribution in [0.3, 0.4) is 0 Å². The molecule has 0 heterocycles. The molecule has 1 aliphatic rings. The molecule has 0 aromatic carbocycles. The second-order valence-electron chi connectivity index (χ2n) is 3.86. The van der Waals surface area contributed by atoms with Gasteiger partial charge in [-0.2, -0.15) is 0 Å². The quantitative estimate of drug-likeness (QED) is 0.423. The molecule has 0 aromatic rings. The summed E-state index contributed by atoms with van der Waals surface area (Å²) in [7, 11) is 0. The summed E-state index contributed by atoms with van der Waals surface area (Å²) in [6.07, 6.45) is -0.0419. The van der Waals surface area contributed by atoms with Crippen LogP contribution in [0.2, 0.25) is 0 Å². The van der Waals surface area contributed by atoms with Gasteiger partial charge in [0.15, 0.2) is 0 Å². The van der Waals surface area contributed by atoms with E-state index in [4.69, 9.17) is 16.1 Å². The second-order valence-corrected chi connectivity index (χ2v) is 3.86. The van der Waals surface area contributed by atoms with E-state index in [9.17, 15) is 0 Å². The van der Waals surface area contributed by atoms with Gasteiger partial charge in [-0.15, -0.1) is 0 Å². The predicted molar refractivity (Wildman–Crippen MR) is 44.4 cm³/mol. The van der Waals surface area contributed by atoms with Crippen molar-refractivity contribution in [2.24, 2.45) is 17.6 Å². The second kappa shape index (κ2) is 3.70. The number of hydrogen-bond donors (Lipinski definition) is 3. The molecule has 4 heteroatoms. The van der Waals surface area contributed by atoms with Crippen LogP contribution in [-0.2, 0) is 4.89 Å². The SMILES string of the molecule is CC(C)C(OO)[C@H]1C[C@@H](O)[C@H]1N. The zero-order valence-electron chi connectivity index (χ0n) is 7.47. The number of hydrogen-bond acceptors (Lipinski definition) is 4. The molecule has 0 radical (unpaired) electrons. The van der Waals surface area contributed by atoms with Gasteiger partial charge in [0.1, 0.15) is 0 Å². The summed E-state index contributed by atoms with van der Waals surface area (Å²) in [5.41, 5.74) is 5.64. The Labute approximate surface area is 72.3 Å². The Kier molecular flexibility index (Phi) is 3.06. The minimum atomic E-state index is -0.425. The van der Waals surface area contributed by atoms with Crippen LogP contribution < -0.4 is 5.73 Å². The van der Waals surface area contributed by atoms with Gasteiger partial charge in [0.05, 0.1) is 12.2 Å². The highest BCUT2D eigenvalue weighted by Gasteiger charge is 2.43. The van der Waals surface area contributed by atoms with Crippen molar-refractivity contribution in [2.45, 2.75) is 38.5 Å². The van der Waals surface area contributed by atoms with E-state index in [1.54, 1.807) is 0 Å². The molecule has 0 saturated heterocycles. The Morgan fingerprint density at radius 3 is 2.33 bits per heavy atom. The summed E-state index contributed by atoms with van der Waals surface area (Å²) in [6.45, 7) is 3.91. The average Bonchev–Trinajstić information content (AvgIpc) is 2.03. The Hall–Kier alpha value is -0.160. The van der Waals surface area contributed by atoms with E-state index in [1.807, 2.05) is 13.8 Å². The molecule has 0 aliphatic heterocycles. The first-order valence-corrected chi connectivity index (χ1v) is 4.31. The third kappa shape index (κ3) is 1.61. The highest BCUT2D eigenvalue weighted by atomic mass is 17.1. The lowest BCUT2D eigenvalue weighted by molar-refractivity contribution is -0.311. The van der Waals surface area contributed by atoms with Crippen molar-refractivity contribution in [2.75, 3.05) is 0 Å². The van der Waals surface area contributed by atoms with Crippen molar-refractivity contribution in [3.8, 4) is 0 Å². The highest BCUT2D eigenvalue weighted by Crippen LogP contribution is 2.33. The van der Waals surface area contributed by atoms with Crippen molar-refractivity contribution in [1.82, 2.24) is 0 Å². The molecule has 1 aliphatic carbocycles. The van der Waals surface area contributed by atoms with Crippen molar-refractivity contribution in [3.63, 3.8) is 0 Å². The maximum atomic E-state index is 9.15. The average molecular weight is 175 g/mol. The predicted octanol–water partition coefficient (Wildman–Crippen LogP) is 0.209. The molecular formula is C8H17NO3. The normalized spacial score (nSPS) is 38.0. The Bertz CT molecular complexity index is 151. The molecule has 0 bridgehead atoms. The Morgan fingerprint density at radius 1 is 1.50 bits per heavy atom. The molecule has 0 amide bonds. The minimum absolute atomic E-state index is 0.0880. The number of nitrogens with two attached hydrogens (primary N) is 1. The molecule has 4 atom stereocenters. The van der Waals surface area contributed by atoms with Crippen LogP contribution in [0.4, 0.5) is 0 Å². The largest absolute Gasteiger partial charge is 0.391 e. The van der Waals surface area contributed by atoms with Crippen LogP contribution in [-0.4, -0.2) is 28.6 Å². The highest BCUT2D eigenvalue weighted by molar-refractivity contribution is 4.97. The van der Waals surface area contributed by atoms with Crippen molar-refractivity contribution in [3.05, 3.63) is 0 Å². The first-order chi connectivity index (χ1) is 5.57. The van der Waals surface area contributed by atoms with Crippen LogP contribution in [0.25, 0.3) is 0 Å². The molecule has 1 saturated carbocycles. The topological polar surface area (TPSA) is 75.7 Å². The zero-order chi connectivity index (χ0) is 9.30. The van der Waals surface area contributed by atoms with Crippen LogP contribution >= 0.6 is 0 Å². The van der Waals surface area contributed by atoms with Gasteiger partial charge < -0.3 is 10.8 Å². The molecule has 1 fully saturated rings. The lowest BCUT2D eigenvalue weighted by atomic mass is 9.71. The molecule has 0 spiro atoms. The summed E-state index contributed by atoms with van der Waals surface area (Å²) in [6, 6.07) is -0.246. The Balaban J connectivity index is 2.46. The van der Waals surface area contributed by atoms with E-state index in [0.29, 0.717) is 6.42 Å². The van der Waals surface area contributed by atoms with Gasteiger partial charge in [-0.3, -0.25) is 5.26 Å². The summed E-state index contributed by atoms with van der Waals surface area (Å²) in [5.74, 6) is 0.309. The van der Waals surface area contributed by atoms with Crippen molar-refractivity contribution in [1.29, 1.82) is 0 Å². The third-order valence-electron chi connectivity index (χ3n) is 2.65. The molecule has 1 rings (SSSR count). The summed E-state index contributed by atoms with van der Waals surface area (Å²) in [4.78, 5) is 4.34. The smallest absolute Gasteiger partial charge is 0.0994 e. The lowest BCUT2D eigenvalue weighted by Crippen LogP contribution is -2.58. The first kappa shape index (κ1) is 9.92. The van der Waals surface area contributed by atoms with Gasteiger partial charge in [-0.05, 0) is 12.3 Å². The van der Waals surface area contributed by atoms with Gasteiger partial charge in [0.2, 0.25) is 0 Å². The maximum Gasteiger partial charge on any atom is 0.0994 e. The van der Waals surface area contributed by atoms with Crippen molar-refractivity contribution < 1.29 is 15.3 Å². The summed E-state index contributed by atoms with van der Waals surface area (Å²) < 4.78 is 0. The molecular weight excluding hydrogens is 158 g/mol. The number of rotatable bonds is 3. The zero-order valence-corrected chi connectivity index (χ0v) is 7.47. The van der Waals surface area contributed by atoms with Gasteiger partial charge in [0, 0.05) is 12.0 Å². The molecule has 4 nitrogen and oxygen atoms in total. The lowest BCUT2D eigenvalue weighted by Gasteiger charge is -2.43. The molecule has 72 valence electrons. The van der Waals surface area contributed by atoms with Crippen LogP contribution in [0.15, 0.2) is 0 Å². The minimum Gasteiger partial charge on any atom is -0.391 e. The van der Waals surface area contributed by atoms with E-state index in [2.05, 4.69) is 4.89 Å². The molecule has 12 heavy (non-hydrogen) atoms. The fraction of sp³-hybridized carbons (Fsp3) is 1.00. The summed E-state index contributed by atoms with van der Waals surface area (Å²) >= 11 is 0. The fourth-order valence-corrected chi connectivity index (χ4v) is 1.73. The maximum absolute atomic E-state index is 9.15. The van der Waals surface area contributed by atoms with Crippen LogP contribution in [0.1, 0.15) is 20.3 Å². The molecule has 0 aromatic heterocycles. The van der Waals surface area contributed by atoms with Gasteiger partial charge in [-0.1, -0.05) is 13.8 Å². The van der Waals surface area contributed by atoms with E-state index < -0.39 is 6.10 Å². The van der Waals surface area contributed by atoms with Crippen molar-refractivity contribution >= 4 is 0 Å². The summed E-state index contributed by atoms with van der Waals surface area (Å²) in [5, 5.41) is 17.7. The Morgan fingerprint density at radius 2 is 2.08 bits per heavy atom. The van der Waals surface area contributed by atoms with E-state index in [0.717, 1.165) is 0 Å². The van der Waals surface area contributed by atoms with Gasteiger partial charge >= 0.3 is 0 Å². The van der Waals surface area contributed by atoms with Gasteiger partial charge in [-0.25, -0.2) is 4.89 Å². The molecule has 1 unspecified atom stereocenters. The number of aliphatic hydroxyl groups excluding tert-OH is 1. The van der Waals surface area contributed by atoms with E-state index in [1.165, 1.54) is 0 Å². The number of aliphatic hydroxyl groups is 1. The van der Waals surface area contributed by atoms with E-state index >= 15 is 0 Å². The van der Waals surface area contributed by atoms with Crippen LogP contribution in [0, 0.1) is 11.8 Å².